The van der Waals surface area contributed by atoms with Crippen molar-refractivity contribution < 1.29 is 0 Å². The Morgan fingerprint density at radius 3 is 2.68 bits per heavy atom. The summed E-state index contributed by atoms with van der Waals surface area (Å²) in [6.07, 6.45) is 0.907. The molecule has 1 fully saturated rings. The van der Waals surface area contributed by atoms with Crippen molar-refractivity contribution in [3.63, 3.8) is 0 Å². The molecule has 0 bridgehead atoms. The molecule has 106 valence electrons. The molecule has 2 rings (SSSR count). The van der Waals surface area contributed by atoms with E-state index in [1.54, 1.807) is 0 Å². The van der Waals surface area contributed by atoms with E-state index in [1.807, 2.05) is 6.07 Å². The lowest BCUT2D eigenvalue weighted by Gasteiger charge is -2.24. The lowest BCUT2D eigenvalue weighted by molar-refractivity contribution is 0.266. The van der Waals surface area contributed by atoms with Crippen molar-refractivity contribution in [3.8, 4) is 0 Å². The summed E-state index contributed by atoms with van der Waals surface area (Å²) >= 11 is 6.16. The molecule has 0 aromatic heterocycles. The summed E-state index contributed by atoms with van der Waals surface area (Å²) in [4.78, 5) is 4.77. The third-order valence-electron chi connectivity index (χ3n) is 4.04. The number of hydrogen-bond acceptors (Lipinski definition) is 3. The molecule has 2 unspecified atom stereocenters. The summed E-state index contributed by atoms with van der Waals surface area (Å²) < 4.78 is 0. The van der Waals surface area contributed by atoms with Crippen molar-refractivity contribution >= 4 is 17.3 Å². The fourth-order valence-corrected chi connectivity index (χ4v) is 3.18. The maximum absolute atomic E-state index is 6.16. The lowest BCUT2D eigenvalue weighted by atomic mass is 10.1. The fraction of sp³-hybridized carbons (Fsp3) is 0.600. The van der Waals surface area contributed by atoms with Crippen molar-refractivity contribution in [3.05, 3.63) is 28.8 Å². The van der Waals surface area contributed by atoms with Gasteiger partial charge in [-0.15, -0.1) is 0 Å². The van der Waals surface area contributed by atoms with Crippen molar-refractivity contribution in [2.75, 3.05) is 38.6 Å². The zero-order chi connectivity index (χ0) is 14.0. The average Bonchev–Trinajstić information content (AvgIpc) is 2.74. The molecule has 0 radical (unpaired) electrons. The second kappa shape index (κ2) is 6.12. The summed E-state index contributed by atoms with van der Waals surface area (Å²) in [6.45, 7) is 5.14. The van der Waals surface area contributed by atoms with Crippen LogP contribution >= 0.6 is 11.6 Å². The van der Waals surface area contributed by atoms with E-state index in [-0.39, 0.29) is 0 Å². The van der Waals surface area contributed by atoms with E-state index in [0.717, 1.165) is 24.5 Å². The Labute approximate surface area is 121 Å². The topological polar surface area (TPSA) is 32.5 Å². The molecule has 19 heavy (non-hydrogen) atoms. The van der Waals surface area contributed by atoms with Crippen molar-refractivity contribution in [1.82, 2.24) is 4.90 Å². The molecule has 1 aromatic rings. The molecule has 1 aliphatic rings. The minimum Gasteiger partial charge on any atom is -0.369 e. The van der Waals surface area contributed by atoms with Gasteiger partial charge in [0.25, 0.3) is 0 Å². The number of anilines is 1. The van der Waals surface area contributed by atoms with Crippen LogP contribution < -0.4 is 10.6 Å². The molecule has 3 nitrogen and oxygen atoms in total. The van der Waals surface area contributed by atoms with Gasteiger partial charge in [-0.1, -0.05) is 24.6 Å². The van der Waals surface area contributed by atoms with Crippen LogP contribution in [0.25, 0.3) is 0 Å². The highest BCUT2D eigenvalue weighted by Crippen LogP contribution is 2.31. The van der Waals surface area contributed by atoms with Crippen LogP contribution in [-0.4, -0.2) is 44.7 Å². The Bertz CT molecular complexity index is 433. The maximum atomic E-state index is 6.16. The largest absolute Gasteiger partial charge is 0.369 e. The van der Waals surface area contributed by atoms with E-state index < -0.39 is 0 Å². The minimum absolute atomic E-state index is 0.602. The van der Waals surface area contributed by atoms with Gasteiger partial charge in [-0.2, -0.15) is 0 Å². The molecule has 0 amide bonds. The number of nitrogens with two attached hydrogens (primary N) is 1. The molecule has 1 aliphatic heterocycles. The summed E-state index contributed by atoms with van der Waals surface area (Å²) in [6, 6.07) is 6.75. The van der Waals surface area contributed by atoms with Gasteiger partial charge in [-0.05, 0) is 50.7 Å². The fourth-order valence-electron chi connectivity index (χ4n) is 3.02. The van der Waals surface area contributed by atoms with E-state index in [1.165, 1.54) is 11.3 Å². The molecule has 1 aromatic carbocycles. The Morgan fingerprint density at radius 1 is 1.37 bits per heavy atom. The monoisotopic (exact) mass is 281 g/mol. The number of halogens is 1. The van der Waals surface area contributed by atoms with Crippen LogP contribution in [-0.2, 0) is 6.42 Å². The highest BCUT2D eigenvalue weighted by atomic mass is 35.5. The predicted octanol–water partition coefficient (Wildman–Crippen LogP) is 2.23. The van der Waals surface area contributed by atoms with Crippen LogP contribution in [0.1, 0.15) is 12.5 Å². The first-order valence-corrected chi connectivity index (χ1v) is 7.30. The van der Waals surface area contributed by atoms with Crippen molar-refractivity contribution in [2.24, 2.45) is 11.7 Å². The first-order valence-electron chi connectivity index (χ1n) is 6.92. The van der Waals surface area contributed by atoms with Crippen LogP contribution in [0.5, 0.6) is 0 Å². The second-order valence-electron chi connectivity index (χ2n) is 5.72. The lowest BCUT2D eigenvalue weighted by Crippen LogP contribution is -2.34. The van der Waals surface area contributed by atoms with Gasteiger partial charge in [0, 0.05) is 29.8 Å². The van der Waals surface area contributed by atoms with Gasteiger partial charge in [0.15, 0.2) is 0 Å². The molecule has 1 saturated heterocycles. The molecular formula is C15H24ClN3. The van der Waals surface area contributed by atoms with Gasteiger partial charge in [0.05, 0.1) is 0 Å². The van der Waals surface area contributed by atoms with Crippen LogP contribution in [0.4, 0.5) is 5.69 Å². The second-order valence-corrected chi connectivity index (χ2v) is 6.16. The van der Waals surface area contributed by atoms with Gasteiger partial charge in [-0.25, -0.2) is 0 Å². The van der Waals surface area contributed by atoms with E-state index in [2.05, 4.69) is 43.0 Å². The zero-order valence-electron chi connectivity index (χ0n) is 12.1. The molecule has 0 aliphatic carbocycles. The molecule has 0 spiro atoms. The van der Waals surface area contributed by atoms with Crippen LogP contribution in [0.15, 0.2) is 18.2 Å². The highest BCUT2D eigenvalue weighted by molar-refractivity contribution is 6.30. The van der Waals surface area contributed by atoms with E-state index in [4.69, 9.17) is 17.3 Å². The summed E-state index contributed by atoms with van der Waals surface area (Å²) in [7, 11) is 4.31. The van der Waals surface area contributed by atoms with E-state index in [0.29, 0.717) is 18.5 Å². The van der Waals surface area contributed by atoms with Crippen LogP contribution in [0.2, 0.25) is 5.02 Å². The average molecular weight is 282 g/mol. The normalized spacial score (nSPS) is 23.4. The highest BCUT2D eigenvalue weighted by Gasteiger charge is 2.31. The summed E-state index contributed by atoms with van der Waals surface area (Å²) in [5, 5.41) is 0.803. The standard InChI is InChI=1S/C15H24ClN3/c1-11-9-19(10-15(11)18(2)3)14-8-13(16)5-4-12(14)6-7-17/h4-5,8,11,15H,6-7,9-10,17H2,1-3H3. The van der Waals surface area contributed by atoms with Gasteiger partial charge in [0.1, 0.15) is 0 Å². The third kappa shape index (κ3) is 3.22. The van der Waals surface area contributed by atoms with Gasteiger partial charge < -0.3 is 15.5 Å². The Hall–Kier alpha value is -0.770. The molecule has 0 saturated carbocycles. The third-order valence-corrected chi connectivity index (χ3v) is 4.27. The SMILES string of the molecule is CC1CN(c2cc(Cl)ccc2CCN)CC1N(C)C. The smallest absolute Gasteiger partial charge is 0.0426 e. The molecule has 2 N–H and O–H groups in total. The number of rotatable bonds is 4. The van der Waals surface area contributed by atoms with Crippen LogP contribution in [0.3, 0.4) is 0 Å². The maximum Gasteiger partial charge on any atom is 0.0426 e. The summed E-state index contributed by atoms with van der Waals surface area (Å²) in [5.74, 6) is 0.666. The quantitative estimate of drug-likeness (QED) is 0.919. The molecular weight excluding hydrogens is 258 g/mol. The first kappa shape index (κ1) is 14.6. The van der Waals surface area contributed by atoms with Crippen molar-refractivity contribution in [1.29, 1.82) is 0 Å². The molecule has 1 heterocycles. The van der Waals surface area contributed by atoms with Crippen LogP contribution in [0, 0.1) is 5.92 Å². The number of nitrogens with zero attached hydrogens (tertiary/aromatic N) is 2. The number of hydrogen-bond donors (Lipinski definition) is 1. The minimum atomic E-state index is 0.602. The predicted molar refractivity (Wildman–Crippen MR) is 83.1 cm³/mol. The molecule has 2 atom stereocenters. The van der Waals surface area contributed by atoms with Gasteiger partial charge >= 0.3 is 0 Å². The van der Waals surface area contributed by atoms with E-state index >= 15 is 0 Å². The Kier molecular flexibility index (Phi) is 4.71. The van der Waals surface area contributed by atoms with Crippen molar-refractivity contribution in [2.45, 2.75) is 19.4 Å². The first-order chi connectivity index (χ1) is 9.02. The Morgan fingerprint density at radius 2 is 2.11 bits per heavy atom. The summed E-state index contributed by atoms with van der Waals surface area (Å²) in [5.41, 5.74) is 8.27. The molecule has 4 heteroatoms. The number of likely N-dealkylation sites (N-methyl/N-ethyl adjacent to an activating group) is 1. The van der Waals surface area contributed by atoms with Gasteiger partial charge in [-0.3, -0.25) is 0 Å². The Balaban J connectivity index is 2.24. The zero-order valence-corrected chi connectivity index (χ0v) is 12.8. The number of benzene rings is 1. The van der Waals surface area contributed by atoms with Gasteiger partial charge in [0.2, 0.25) is 0 Å². The van der Waals surface area contributed by atoms with E-state index in [9.17, 15) is 0 Å².